The molecule has 1 atom stereocenters. The number of likely N-dealkylation sites (tertiary alicyclic amines) is 2. The van der Waals surface area contributed by atoms with E-state index >= 15 is 0 Å². The lowest BCUT2D eigenvalue weighted by molar-refractivity contribution is 0.0859. The molecule has 0 radical (unpaired) electrons. The van der Waals surface area contributed by atoms with Gasteiger partial charge in [0.25, 0.3) is 0 Å². The van der Waals surface area contributed by atoms with Crippen LogP contribution in [-0.4, -0.2) is 35.5 Å². The minimum absolute atomic E-state index is 0.528. The van der Waals surface area contributed by atoms with Gasteiger partial charge in [0, 0.05) is 18.1 Å². The van der Waals surface area contributed by atoms with Crippen LogP contribution in [0.2, 0.25) is 0 Å². The molecule has 2 aliphatic heterocycles. The molecule has 0 bridgehead atoms. The average molecular weight is 389 g/mol. The fraction of sp³-hybridized carbons (Fsp3) is 0.556. The normalized spacial score (nSPS) is 25.1. The van der Waals surface area contributed by atoms with Crippen molar-refractivity contribution in [2.75, 3.05) is 20.1 Å². The van der Waals surface area contributed by atoms with Crippen LogP contribution in [0.25, 0.3) is 11.1 Å². The van der Waals surface area contributed by atoms with Crippen molar-refractivity contribution in [3.05, 3.63) is 59.7 Å². The Hall–Kier alpha value is -1.64. The smallest absolute Gasteiger partial charge is 0.0345 e. The van der Waals surface area contributed by atoms with Crippen molar-refractivity contribution >= 4 is 0 Å². The predicted molar refractivity (Wildman–Crippen MR) is 122 cm³/mol. The second-order valence-electron chi connectivity index (χ2n) is 9.77. The molecule has 29 heavy (non-hydrogen) atoms. The molecule has 2 nitrogen and oxygen atoms in total. The number of rotatable bonds is 4. The lowest BCUT2D eigenvalue weighted by atomic mass is 9.79. The van der Waals surface area contributed by atoms with Crippen LogP contribution in [0.1, 0.15) is 75.0 Å². The highest BCUT2D eigenvalue weighted by Gasteiger charge is 2.41. The summed E-state index contributed by atoms with van der Waals surface area (Å²) in [5, 5.41) is 0. The average Bonchev–Trinajstić information content (AvgIpc) is 3.36. The molecule has 2 aromatic rings. The Balaban J connectivity index is 1.26. The maximum absolute atomic E-state index is 2.81. The SMILES string of the molecule is CN1CCCC1c1ccc(-c2ccc(CN3CCCC34CCCCC4)cc2)cc1. The highest BCUT2D eigenvalue weighted by molar-refractivity contribution is 5.64. The Bertz CT molecular complexity index is 801. The maximum Gasteiger partial charge on any atom is 0.0345 e. The molecular formula is C27H36N2. The number of hydrogen-bond donors (Lipinski definition) is 0. The molecule has 2 aromatic carbocycles. The summed E-state index contributed by atoms with van der Waals surface area (Å²) in [5.41, 5.74) is 6.15. The largest absolute Gasteiger partial charge is 0.299 e. The molecule has 1 spiro atoms. The van der Waals surface area contributed by atoms with Crippen molar-refractivity contribution < 1.29 is 0 Å². The first-order valence-electron chi connectivity index (χ1n) is 11.9. The van der Waals surface area contributed by atoms with Gasteiger partial charge in [0.05, 0.1) is 0 Å². The first-order chi connectivity index (χ1) is 14.2. The summed E-state index contributed by atoms with van der Waals surface area (Å²) in [5.74, 6) is 0. The van der Waals surface area contributed by atoms with Gasteiger partial charge in [0.2, 0.25) is 0 Å². The highest BCUT2D eigenvalue weighted by Crippen LogP contribution is 2.42. The first kappa shape index (κ1) is 19.3. The minimum atomic E-state index is 0.528. The van der Waals surface area contributed by atoms with E-state index in [-0.39, 0.29) is 0 Å². The maximum atomic E-state index is 2.81. The molecule has 2 heteroatoms. The van der Waals surface area contributed by atoms with Gasteiger partial charge in [-0.2, -0.15) is 0 Å². The van der Waals surface area contributed by atoms with Crippen molar-refractivity contribution in [3.63, 3.8) is 0 Å². The lowest BCUT2D eigenvalue weighted by Crippen LogP contribution is -2.44. The van der Waals surface area contributed by atoms with E-state index < -0.39 is 0 Å². The summed E-state index contributed by atoms with van der Waals surface area (Å²) in [6, 6.07) is 19.3. The summed E-state index contributed by atoms with van der Waals surface area (Å²) >= 11 is 0. The quantitative estimate of drug-likeness (QED) is 0.596. The van der Waals surface area contributed by atoms with E-state index in [4.69, 9.17) is 0 Å². The first-order valence-corrected chi connectivity index (χ1v) is 11.9. The van der Waals surface area contributed by atoms with E-state index in [0.29, 0.717) is 11.6 Å². The van der Waals surface area contributed by atoms with Crippen LogP contribution in [0, 0.1) is 0 Å². The van der Waals surface area contributed by atoms with Crippen molar-refractivity contribution in [3.8, 4) is 11.1 Å². The molecule has 5 rings (SSSR count). The predicted octanol–water partition coefficient (Wildman–Crippen LogP) is 6.42. The zero-order chi connectivity index (χ0) is 19.7. The van der Waals surface area contributed by atoms with E-state index in [1.54, 1.807) is 0 Å². The molecule has 3 aliphatic rings. The topological polar surface area (TPSA) is 6.48 Å². The van der Waals surface area contributed by atoms with E-state index in [1.807, 2.05) is 0 Å². The number of nitrogens with zero attached hydrogens (tertiary/aromatic N) is 2. The second-order valence-corrected chi connectivity index (χ2v) is 9.77. The monoisotopic (exact) mass is 388 g/mol. The van der Waals surface area contributed by atoms with Crippen molar-refractivity contribution in [1.82, 2.24) is 9.80 Å². The fourth-order valence-corrected chi connectivity index (χ4v) is 6.27. The zero-order valence-electron chi connectivity index (χ0n) is 18.1. The van der Waals surface area contributed by atoms with Gasteiger partial charge in [-0.3, -0.25) is 9.80 Å². The summed E-state index contributed by atoms with van der Waals surface area (Å²) in [6.07, 6.45) is 12.6. The Morgan fingerprint density at radius 3 is 2.07 bits per heavy atom. The zero-order valence-corrected chi connectivity index (χ0v) is 18.1. The molecular weight excluding hydrogens is 352 g/mol. The summed E-state index contributed by atoms with van der Waals surface area (Å²) in [6.45, 7) is 3.65. The van der Waals surface area contributed by atoms with Gasteiger partial charge in [0.15, 0.2) is 0 Å². The molecule has 1 aliphatic carbocycles. The van der Waals surface area contributed by atoms with Crippen molar-refractivity contribution in [1.29, 1.82) is 0 Å². The summed E-state index contributed by atoms with van der Waals surface area (Å²) in [4.78, 5) is 5.30. The van der Waals surface area contributed by atoms with E-state index in [9.17, 15) is 0 Å². The minimum Gasteiger partial charge on any atom is -0.299 e. The standard InChI is InChI=1S/C27H36N2/c1-28-19-5-7-26(28)25-14-12-24(13-15-25)23-10-8-22(9-11-23)21-29-20-6-18-27(29)16-3-2-4-17-27/h8-15,26H,2-7,16-21H2,1H3. The second kappa shape index (κ2) is 8.24. The van der Waals surface area contributed by atoms with Gasteiger partial charge >= 0.3 is 0 Å². The van der Waals surface area contributed by atoms with Crippen LogP contribution in [-0.2, 0) is 6.54 Å². The molecule has 0 amide bonds. The molecule has 1 unspecified atom stereocenters. The van der Waals surface area contributed by atoms with Crippen molar-refractivity contribution in [2.45, 2.75) is 75.9 Å². The third-order valence-corrected chi connectivity index (χ3v) is 8.00. The summed E-state index contributed by atoms with van der Waals surface area (Å²) < 4.78 is 0. The Morgan fingerprint density at radius 2 is 1.41 bits per heavy atom. The number of benzene rings is 2. The van der Waals surface area contributed by atoms with Crippen LogP contribution < -0.4 is 0 Å². The Labute approximate surface area is 176 Å². The lowest BCUT2D eigenvalue weighted by Gasteiger charge is -2.42. The van der Waals surface area contributed by atoms with Crippen LogP contribution >= 0.6 is 0 Å². The van der Waals surface area contributed by atoms with Crippen LogP contribution in [0.5, 0.6) is 0 Å². The number of hydrogen-bond acceptors (Lipinski definition) is 2. The molecule has 2 heterocycles. The van der Waals surface area contributed by atoms with E-state index in [1.165, 1.54) is 93.1 Å². The van der Waals surface area contributed by atoms with Gasteiger partial charge < -0.3 is 0 Å². The molecule has 0 N–H and O–H groups in total. The van der Waals surface area contributed by atoms with Gasteiger partial charge in [0.1, 0.15) is 0 Å². The Morgan fingerprint density at radius 1 is 0.759 bits per heavy atom. The van der Waals surface area contributed by atoms with Gasteiger partial charge in [-0.15, -0.1) is 0 Å². The highest BCUT2D eigenvalue weighted by atomic mass is 15.2. The molecule has 1 saturated carbocycles. The molecule has 2 saturated heterocycles. The van der Waals surface area contributed by atoms with Crippen LogP contribution in [0.4, 0.5) is 0 Å². The van der Waals surface area contributed by atoms with Crippen LogP contribution in [0.15, 0.2) is 48.5 Å². The molecule has 3 fully saturated rings. The fourth-order valence-electron chi connectivity index (χ4n) is 6.27. The van der Waals surface area contributed by atoms with Gasteiger partial charge in [-0.25, -0.2) is 0 Å². The molecule has 0 aromatic heterocycles. The summed E-state index contributed by atoms with van der Waals surface area (Å²) in [7, 11) is 2.25. The van der Waals surface area contributed by atoms with E-state index in [2.05, 4.69) is 65.4 Å². The van der Waals surface area contributed by atoms with Gasteiger partial charge in [-0.1, -0.05) is 67.8 Å². The molecule has 154 valence electrons. The van der Waals surface area contributed by atoms with E-state index in [0.717, 1.165) is 6.54 Å². The van der Waals surface area contributed by atoms with Gasteiger partial charge in [-0.05, 0) is 80.9 Å². The van der Waals surface area contributed by atoms with Crippen LogP contribution in [0.3, 0.4) is 0 Å². The third-order valence-electron chi connectivity index (χ3n) is 8.00. The van der Waals surface area contributed by atoms with Crippen molar-refractivity contribution in [2.24, 2.45) is 0 Å². The third kappa shape index (κ3) is 3.90. The Kier molecular flexibility index (Phi) is 5.49.